The smallest absolute Gasteiger partial charge is 0.261 e. The zero-order chi connectivity index (χ0) is 16.8. The first-order valence-electron chi connectivity index (χ1n) is 8.10. The highest BCUT2D eigenvalue weighted by molar-refractivity contribution is 5.81. The van der Waals surface area contributed by atoms with Gasteiger partial charge in [0.05, 0.1) is 6.04 Å². The van der Waals surface area contributed by atoms with Gasteiger partial charge in [-0.05, 0) is 50.5 Å². The number of nitrogens with one attached hydrogen (secondary N) is 1. The number of rotatable bonds is 6. The van der Waals surface area contributed by atoms with Crippen LogP contribution in [0.1, 0.15) is 43.0 Å². The van der Waals surface area contributed by atoms with E-state index in [9.17, 15) is 4.79 Å². The van der Waals surface area contributed by atoms with Crippen LogP contribution < -0.4 is 10.1 Å². The molecule has 122 valence electrons. The van der Waals surface area contributed by atoms with E-state index in [1.54, 1.807) is 0 Å². The van der Waals surface area contributed by atoms with Crippen LogP contribution in [-0.2, 0) is 4.79 Å². The summed E-state index contributed by atoms with van der Waals surface area (Å²) in [6.07, 6.45) is 0.144. The lowest BCUT2D eigenvalue weighted by Crippen LogP contribution is -2.39. The third-order valence-corrected chi connectivity index (χ3v) is 3.87. The lowest BCUT2D eigenvalue weighted by atomic mass is 10.1. The van der Waals surface area contributed by atoms with Crippen molar-refractivity contribution in [2.75, 3.05) is 0 Å². The normalized spacial score (nSPS) is 13.2. The highest BCUT2D eigenvalue weighted by atomic mass is 16.5. The Bertz CT molecular complexity index is 649. The molecule has 0 saturated carbocycles. The summed E-state index contributed by atoms with van der Waals surface area (Å²) in [4.78, 5) is 12.5. The zero-order valence-corrected chi connectivity index (χ0v) is 14.3. The van der Waals surface area contributed by atoms with Gasteiger partial charge in [0, 0.05) is 0 Å². The molecule has 0 unspecified atom stereocenters. The molecule has 23 heavy (non-hydrogen) atoms. The fourth-order valence-corrected chi connectivity index (χ4v) is 2.42. The molecule has 0 bridgehead atoms. The second-order valence-electron chi connectivity index (χ2n) is 5.97. The zero-order valence-electron chi connectivity index (χ0n) is 14.3. The highest BCUT2D eigenvalue weighted by Gasteiger charge is 2.20. The molecule has 0 aliphatic carbocycles. The molecule has 0 saturated heterocycles. The predicted molar refractivity (Wildman–Crippen MR) is 93.6 cm³/mol. The van der Waals surface area contributed by atoms with E-state index in [2.05, 4.69) is 24.4 Å². The maximum absolute atomic E-state index is 12.5. The number of hydrogen-bond acceptors (Lipinski definition) is 2. The average molecular weight is 311 g/mol. The van der Waals surface area contributed by atoms with E-state index >= 15 is 0 Å². The standard InChI is InChI=1S/C20H25NO2/c1-5-19(23-18-8-6-7-15(3)13-18)20(22)21-16(4)17-11-9-14(2)10-12-17/h6-13,16,19H,5H2,1-4H3,(H,21,22)/t16-,19+/m1/s1. The van der Waals surface area contributed by atoms with Gasteiger partial charge in [0.15, 0.2) is 6.10 Å². The summed E-state index contributed by atoms with van der Waals surface area (Å²) in [6, 6.07) is 15.9. The quantitative estimate of drug-likeness (QED) is 0.862. The van der Waals surface area contributed by atoms with E-state index < -0.39 is 6.10 Å². The number of amides is 1. The molecule has 0 aliphatic heterocycles. The van der Waals surface area contributed by atoms with E-state index in [0.29, 0.717) is 6.42 Å². The van der Waals surface area contributed by atoms with Crippen molar-refractivity contribution in [3.63, 3.8) is 0 Å². The van der Waals surface area contributed by atoms with E-state index in [4.69, 9.17) is 4.74 Å². The lowest BCUT2D eigenvalue weighted by Gasteiger charge is -2.21. The minimum Gasteiger partial charge on any atom is -0.481 e. The van der Waals surface area contributed by atoms with Gasteiger partial charge in [-0.2, -0.15) is 0 Å². The first-order chi connectivity index (χ1) is 11.0. The molecule has 2 rings (SSSR count). The van der Waals surface area contributed by atoms with Crippen molar-refractivity contribution in [2.45, 2.75) is 46.3 Å². The van der Waals surface area contributed by atoms with Gasteiger partial charge in [0.1, 0.15) is 5.75 Å². The SMILES string of the molecule is CC[C@H](Oc1cccc(C)c1)C(=O)N[C@H](C)c1ccc(C)cc1. The van der Waals surface area contributed by atoms with E-state index in [-0.39, 0.29) is 11.9 Å². The Balaban J connectivity index is 2.00. The Morgan fingerprint density at radius 3 is 2.39 bits per heavy atom. The van der Waals surface area contributed by atoms with Crippen LogP contribution in [-0.4, -0.2) is 12.0 Å². The number of aryl methyl sites for hydroxylation is 2. The van der Waals surface area contributed by atoms with E-state index in [1.165, 1.54) is 5.56 Å². The first-order valence-corrected chi connectivity index (χ1v) is 8.10. The molecular weight excluding hydrogens is 286 g/mol. The highest BCUT2D eigenvalue weighted by Crippen LogP contribution is 2.17. The Morgan fingerprint density at radius 1 is 1.09 bits per heavy atom. The molecular formula is C20H25NO2. The second-order valence-corrected chi connectivity index (χ2v) is 5.97. The largest absolute Gasteiger partial charge is 0.481 e. The summed E-state index contributed by atoms with van der Waals surface area (Å²) >= 11 is 0. The number of hydrogen-bond donors (Lipinski definition) is 1. The molecule has 2 aromatic carbocycles. The van der Waals surface area contributed by atoms with Crippen LogP contribution in [0.15, 0.2) is 48.5 Å². The van der Waals surface area contributed by atoms with Crippen molar-refractivity contribution < 1.29 is 9.53 Å². The topological polar surface area (TPSA) is 38.3 Å². The molecule has 0 fully saturated rings. The summed E-state index contributed by atoms with van der Waals surface area (Å²) < 4.78 is 5.85. The Labute approximate surface area is 138 Å². The fraction of sp³-hybridized carbons (Fsp3) is 0.350. The molecule has 0 heterocycles. The molecule has 3 heteroatoms. The van der Waals surface area contributed by atoms with Gasteiger partial charge in [-0.3, -0.25) is 4.79 Å². The molecule has 0 aliphatic rings. The maximum Gasteiger partial charge on any atom is 0.261 e. The third kappa shape index (κ3) is 4.85. The van der Waals surface area contributed by atoms with E-state index in [1.807, 2.05) is 57.2 Å². The molecule has 1 amide bonds. The van der Waals surface area contributed by atoms with Crippen molar-refractivity contribution in [2.24, 2.45) is 0 Å². The van der Waals surface area contributed by atoms with Crippen LogP contribution in [0.4, 0.5) is 0 Å². The van der Waals surface area contributed by atoms with Crippen LogP contribution in [0.5, 0.6) is 5.75 Å². The third-order valence-electron chi connectivity index (χ3n) is 3.87. The van der Waals surface area contributed by atoms with Gasteiger partial charge in [-0.15, -0.1) is 0 Å². The van der Waals surface area contributed by atoms with Gasteiger partial charge in [-0.1, -0.05) is 48.9 Å². The number of ether oxygens (including phenoxy) is 1. The first kappa shape index (κ1) is 17.1. The Kier molecular flexibility index (Phi) is 5.80. The number of carbonyl (C=O) groups is 1. The second kappa shape index (κ2) is 7.82. The molecule has 0 aromatic heterocycles. The molecule has 0 radical (unpaired) electrons. The van der Waals surface area contributed by atoms with Crippen LogP contribution in [0.3, 0.4) is 0 Å². The van der Waals surface area contributed by atoms with Crippen LogP contribution in [0, 0.1) is 13.8 Å². The van der Waals surface area contributed by atoms with Crippen molar-refractivity contribution in [3.05, 3.63) is 65.2 Å². The predicted octanol–water partition coefficient (Wildman–Crippen LogP) is 4.34. The summed E-state index contributed by atoms with van der Waals surface area (Å²) in [5, 5.41) is 3.04. The van der Waals surface area contributed by atoms with Gasteiger partial charge in [0.25, 0.3) is 5.91 Å². The molecule has 3 nitrogen and oxygen atoms in total. The summed E-state index contributed by atoms with van der Waals surface area (Å²) in [6.45, 7) is 8.00. The average Bonchev–Trinajstić information content (AvgIpc) is 2.53. The molecule has 2 atom stereocenters. The van der Waals surface area contributed by atoms with Gasteiger partial charge < -0.3 is 10.1 Å². The summed E-state index contributed by atoms with van der Waals surface area (Å²) in [5.41, 5.74) is 3.42. The summed E-state index contributed by atoms with van der Waals surface area (Å²) in [7, 11) is 0. The lowest BCUT2D eigenvalue weighted by molar-refractivity contribution is -0.128. The monoisotopic (exact) mass is 311 g/mol. The van der Waals surface area contributed by atoms with Crippen molar-refractivity contribution in [3.8, 4) is 5.75 Å². The van der Waals surface area contributed by atoms with Crippen LogP contribution >= 0.6 is 0 Å². The fourth-order valence-electron chi connectivity index (χ4n) is 2.42. The van der Waals surface area contributed by atoms with E-state index in [0.717, 1.165) is 16.9 Å². The van der Waals surface area contributed by atoms with Gasteiger partial charge in [-0.25, -0.2) is 0 Å². The number of benzene rings is 2. The van der Waals surface area contributed by atoms with Crippen molar-refractivity contribution >= 4 is 5.91 Å². The minimum atomic E-state index is -0.482. The Hall–Kier alpha value is -2.29. The minimum absolute atomic E-state index is 0.0433. The maximum atomic E-state index is 12.5. The number of carbonyl (C=O) groups excluding carboxylic acids is 1. The molecule has 1 N–H and O–H groups in total. The van der Waals surface area contributed by atoms with Gasteiger partial charge in [0.2, 0.25) is 0 Å². The van der Waals surface area contributed by atoms with Crippen LogP contribution in [0.2, 0.25) is 0 Å². The Morgan fingerprint density at radius 2 is 1.78 bits per heavy atom. The van der Waals surface area contributed by atoms with Crippen LogP contribution in [0.25, 0.3) is 0 Å². The molecule has 0 spiro atoms. The van der Waals surface area contributed by atoms with Crippen molar-refractivity contribution in [1.29, 1.82) is 0 Å². The molecule has 2 aromatic rings. The summed E-state index contributed by atoms with van der Waals surface area (Å²) in [5.74, 6) is 0.650. The van der Waals surface area contributed by atoms with Gasteiger partial charge >= 0.3 is 0 Å². The van der Waals surface area contributed by atoms with Crippen molar-refractivity contribution in [1.82, 2.24) is 5.32 Å².